The summed E-state index contributed by atoms with van der Waals surface area (Å²) in [6.45, 7) is 1.73. The van der Waals surface area contributed by atoms with Crippen molar-refractivity contribution in [1.82, 2.24) is 4.98 Å². The van der Waals surface area contributed by atoms with Crippen molar-refractivity contribution in [3.8, 4) is 0 Å². The van der Waals surface area contributed by atoms with Crippen LogP contribution in [0.25, 0.3) is 10.9 Å². The summed E-state index contributed by atoms with van der Waals surface area (Å²) in [7, 11) is 0. The lowest BCUT2D eigenvalue weighted by atomic mass is 9.92. The first-order valence-corrected chi connectivity index (χ1v) is 8.22. The van der Waals surface area contributed by atoms with Gasteiger partial charge in [-0.25, -0.2) is 4.98 Å². The number of rotatable bonds is 2. The maximum atomic E-state index is 5.97. The molecule has 4 rings (SSSR count). The second kappa shape index (κ2) is 5.30. The molecule has 2 aliphatic rings. The maximum absolute atomic E-state index is 5.97. The fraction of sp³-hybridized carbons (Fsp3) is 0.500. The number of fused-ring (bicyclic) bond motifs is 2. The minimum Gasteiger partial charge on any atom is -0.353 e. The fourth-order valence-corrected chi connectivity index (χ4v) is 4.29. The molecule has 0 radical (unpaired) electrons. The van der Waals surface area contributed by atoms with E-state index in [9.17, 15) is 0 Å². The molecule has 0 bridgehead atoms. The van der Waals surface area contributed by atoms with Gasteiger partial charge in [-0.3, -0.25) is 0 Å². The first-order valence-electron chi connectivity index (χ1n) is 8.22. The van der Waals surface area contributed by atoms with E-state index in [1.54, 1.807) is 0 Å². The number of nitrogens with zero attached hydrogens (tertiary/aromatic N) is 2. The summed E-state index contributed by atoms with van der Waals surface area (Å²) in [4.78, 5) is 7.50. The van der Waals surface area contributed by atoms with Gasteiger partial charge in [-0.05, 0) is 49.3 Å². The van der Waals surface area contributed by atoms with Crippen LogP contribution in [0, 0.1) is 5.92 Å². The van der Waals surface area contributed by atoms with Crippen LogP contribution in [-0.4, -0.2) is 17.6 Å². The summed E-state index contributed by atoms with van der Waals surface area (Å²) >= 11 is 0. The van der Waals surface area contributed by atoms with Gasteiger partial charge >= 0.3 is 0 Å². The van der Waals surface area contributed by atoms with Crippen LogP contribution in [0.15, 0.2) is 30.3 Å². The highest BCUT2D eigenvalue weighted by Crippen LogP contribution is 2.39. The molecule has 1 saturated carbocycles. The molecule has 2 atom stereocenters. The highest BCUT2D eigenvalue weighted by atomic mass is 15.2. The Hall–Kier alpha value is -1.61. The summed E-state index contributed by atoms with van der Waals surface area (Å²) in [6.07, 6.45) is 6.81. The molecule has 0 amide bonds. The Bertz CT molecular complexity index is 652. The summed E-state index contributed by atoms with van der Waals surface area (Å²) in [5.41, 5.74) is 8.27. The quantitative estimate of drug-likeness (QED) is 0.916. The van der Waals surface area contributed by atoms with Gasteiger partial charge in [0.15, 0.2) is 0 Å². The Kier molecular flexibility index (Phi) is 3.30. The Morgan fingerprint density at radius 2 is 2.00 bits per heavy atom. The Labute approximate surface area is 126 Å². The molecule has 2 fully saturated rings. The monoisotopic (exact) mass is 281 g/mol. The van der Waals surface area contributed by atoms with E-state index >= 15 is 0 Å². The van der Waals surface area contributed by atoms with E-state index in [2.05, 4.69) is 35.2 Å². The highest BCUT2D eigenvalue weighted by Gasteiger charge is 2.35. The van der Waals surface area contributed by atoms with Crippen LogP contribution in [0.1, 0.15) is 37.7 Å². The third-order valence-corrected chi connectivity index (χ3v) is 5.30. The molecule has 1 aliphatic heterocycles. The number of piperidine rings is 1. The number of hydrogen-bond donors (Lipinski definition) is 1. The second-order valence-corrected chi connectivity index (χ2v) is 6.45. The summed E-state index contributed by atoms with van der Waals surface area (Å²) in [5, 5.41) is 1.20. The largest absolute Gasteiger partial charge is 0.353 e. The van der Waals surface area contributed by atoms with E-state index in [-0.39, 0.29) is 0 Å². The van der Waals surface area contributed by atoms with Gasteiger partial charge in [0.2, 0.25) is 0 Å². The minimum atomic E-state index is 0.581. The number of benzene rings is 1. The molecule has 1 saturated heterocycles. The number of aromatic nitrogens is 1. The summed E-state index contributed by atoms with van der Waals surface area (Å²) in [6, 6.07) is 11.3. The lowest BCUT2D eigenvalue weighted by molar-refractivity contribution is 0.360. The number of nitrogens with two attached hydrogens (primary N) is 1. The highest BCUT2D eigenvalue weighted by molar-refractivity contribution is 5.84. The average molecular weight is 281 g/mol. The molecule has 1 aromatic carbocycles. The second-order valence-electron chi connectivity index (χ2n) is 6.45. The summed E-state index contributed by atoms with van der Waals surface area (Å²) < 4.78 is 0. The van der Waals surface area contributed by atoms with Crippen molar-refractivity contribution in [3.05, 3.63) is 35.9 Å². The minimum absolute atomic E-state index is 0.581. The smallest absolute Gasteiger partial charge is 0.129 e. The molecular weight excluding hydrogens is 258 g/mol. The molecule has 3 heteroatoms. The van der Waals surface area contributed by atoms with Crippen LogP contribution < -0.4 is 10.6 Å². The van der Waals surface area contributed by atoms with Crippen LogP contribution >= 0.6 is 0 Å². The van der Waals surface area contributed by atoms with E-state index in [0.717, 1.165) is 23.8 Å². The van der Waals surface area contributed by atoms with E-state index in [1.165, 1.54) is 43.1 Å². The van der Waals surface area contributed by atoms with Gasteiger partial charge in [0.1, 0.15) is 5.82 Å². The van der Waals surface area contributed by atoms with E-state index in [1.807, 2.05) is 0 Å². The Morgan fingerprint density at radius 3 is 2.90 bits per heavy atom. The zero-order valence-corrected chi connectivity index (χ0v) is 12.5. The lowest BCUT2D eigenvalue weighted by Gasteiger charge is -2.39. The fourth-order valence-electron chi connectivity index (χ4n) is 4.29. The zero-order valence-electron chi connectivity index (χ0n) is 12.5. The van der Waals surface area contributed by atoms with Crippen molar-refractivity contribution in [2.75, 3.05) is 11.4 Å². The first-order chi connectivity index (χ1) is 10.4. The number of para-hydroxylation sites is 1. The third kappa shape index (κ3) is 2.20. The molecule has 21 heavy (non-hydrogen) atoms. The van der Waals surface area contributed by atoms with Crippen LogP contribution in [0.3, 0.4) is 0 Å². The van der Waals surface area contributed by atoms with Gasteiger partial charge in [-0.1, -0.05) is 24.6 Å². The third-order valence-electron chi connectivity index (χ3n) is 5.30. The molecule has 3 nitrogen and oxygen atoms in total. The van der Waals surface area contributed by atoms with Gasteiger partial charge in [0, 0.05) is 24.5 Å². The van der Waals surface area contributed by atoms with Crippen LogP contribution in [0.2, 0.25) is 0 Å². The molecule has 2 unspecified atom stereocenters. The summed E-state index contributed by atoms with van der Waals surface area (Å²) in [5.74, 6) is 2.03. The molecule has 2 aromatic rings. The van der Waals surface area contributed by atoms with Crippen molar-refractivity contribution in [2.24, 2.45) is 11.7 Å². The topological polar surface area (TPSA) is 42.1 Å². The molecule has 2 heterocycles. The molecule has 2 N–H and O–H groups in total. The van der Waals surface area contributed by atoms with E-state index in [0.29, 0.717) is 12.6 Å². The van der Waals surface area contributed by atoms with Crippen LogP contribution in [-0.2, 0) is 6.54 Å². The average Bonchev–Trinajstić information content (AvgIpc) is 3.02. The predicted octanol–water partition coefficient (Wildman–Crippen LogP) is 3.46. The lowest BCUT2D eigenvalue weighted by Crippen LogP contribution is -2.43. The Balaban J connectivity index is 1.79. The van der Waals surface area contributed by atoms with Crippen LogP contribution in [0.5, 0.6) is 0 Å². The standard InChI is InChI=1S/C18H23N3/c19-12-14-11-18(20-16-8-2-1-7-15(14)16)21-10-4-6-13-5-3-9-17(13)21/h1-2,7-8,11,13,17H,3-6,9-10,12,19H2. The van der Waals surface area contributed by atoms with Gasteiger partial charge in [0.05, 0.1) is 5.52 Å². The van der Waals surface area contributed by atoms with Crippen molar-refractivity contribution in [3.63, 3.8) is 0 Å². The number of hydrogen-bond acceptors (Lipinski definition) is 3. The van der Waals surface area contributed by atoms with Gasteiger partial charge < -0.3 is 10.6 Å². The van der Waals surface area contributed by atoms with Crippen molar-refractivity contribution in [1.29, 1.82) is 0 Å². The van der Waals surface area contributed by atoms with Crippen molar-refractivity contribution in [2.45, 2.75) is 44.7 Å². The SMILES string of the molecule is NCc1cc(N2CCCC3CCCC32)nc2ccccc12. The molecule has 110 valence electrons. The zero-order chi connectivity index (χ0) is 14.2. The van der Waals surface area contributed by atoms with E-state index < -0.39 is 0 Å². The maximum Gasteiger partial charge on any atom is 0.129 e. The molecule has 1 aromatic heterocycles. The molecule has 1 aliphatic carbocycles. The van der Waals surface area contributed by atoms with Gasteiger partial charge in [0.25, 0.3) is 0 Å². The molecular formula is C18H23N3. The van der Waals surface area contributed by atoms with E-state index in [4.69, 9.17) is 10.7 Å². The normalized spacial score (nSPS) is 25.3. The van der Waals surface area contributed by atoms with Crippen LogP contribution in [0.4, 0.5) is 5.82 Å². The molecule has 0 spiro atoms. The Morgan fingerprint density at radius 1 is 1.14 bits per heavy atom. The predicted molar refractivity (Wildman–Crippen MR) is 87.3 cm³/mol. The van der Waals surface area contributed by atoms with Crippen molar-refractivity contribution < 1.29 is 0 Å². The first kappa shape index (κ1) is 13.1. The van der Waals surface area contributed by atoms with Crippen molar-refractivity contribution >= 4 is 16.7 Å². The van der Waals surface area contributed by atoms with Gasteiger partial charge in [-0.2, -0.15) is 0 Å². The number of pyridine rings is 1. The van der Waals surface area contributed by atoms with Gasteiger partial charge in [-0.15, -0.1) is 0 Å². The number of anilines is 1.